The van der Waals surface area contributed by atoms with Gasteiger partial charge < -0.3 is 9.32 Å². The van der Waals surface area contributed by atoms with Gasteiger partial charge in [-0.2, -0.15) is 0 Å². The number of hydrogen-bond donors (Lipinski definition) is 0. The molecule has 0 aliphatic heterocycles. The standard InChI is InChI=1S/C27H23NO2/c29-27(26(19-25-17-10-18-30-25)24-15-8-3-9-16-24)28(20-22-11-4-1-5-12-22)21-23-13-6-2-7-14-23/h1-19H,20-21H2/b26-19+. The minimum atomic E-state index is -0.0368. The zero-order valence-corrected chi connectivity index (χ0v) is 16.6. The summed E-state index contributed by atoms with van der Waals surface area (Å²) in [5.41, 5.74) is 3.65. The first-order valence-electron chi connectivity index (χ1n) is 9.97. The van der Waals surface area contributed by atoms with Gasteiger partial charge in [-0.15, -0.1) is 0 Å². The summed E-state index contributed by atoms with van der Waals surface area (Å²) < 4.78 is 5.50. The molecular weight excluding hydrogens is 370 g/mol. The van der Waals surface area contributed by atoms with Crippen LogP contribution in [-0.2, 0) is 17.9 Å². The first kappa shape index (κ1) is 19.5. The zero-order valence-electron chi connectivity index (χ0n) is 16.6. The molecule has 0 fully saturated rings. The minimum absolute atomic E-state index is 0.0368. The highest BCUT2D eigenvalue weighted by molar-refractivity contribution is 6.23. The van der Waals surface area contributed by atoms with E-state index in [-0.39, 0.29) is 5.91 Å². The summed E-state index contributed by atoms with van der Waals surface area (Å²) in [5.74, 6) is 0.617. The van der Waals surface area contributed by atoms with Crippen LogP contribution in [0, 0.1) is 0 Å². The van der Waals surface area contributed by atoms with E-state index in [1.807, 2.05) is 114 Å². The fraction of sp³-hybridized carbons (Fsp3) is 0.0741. The topological polar surface area (TPSA) is 33.5 Å². The highest BCUT2D eigenvalue weighted by Gasteiger charge is 2.21. The third kappa shape index (κ3) is 4.95. The summed E-state index contributed by atoms with van der Waals surface area (Å²) in [4.78, 5) is 15.7. The van der Waals surface area contributed by atoms with Gasteiger partial charge in [0.15, 0.2) is 0 Å². The van der Waals surface area contributed by atoms with Crippen molar-refractivity contribution in [3.63, 3.8) is 0 Å². The Balaban J connectivity index is 1.71. The molecule has 0 radical (unpaired) electrons. The molecule has 0 bridgehead atoms. The van der Waals surface area contributed by atoms with Crippen molar-refractivity contribution in [2.75, 3.05) is 0 Å². The van der Waals surface area contributed by atoms with Crippen LogP contribution >= 0.6 is 0 Å². The molecule has 4 aromatic rings. The smallest absolute Gasteiger partial charge is 0.255 e. The molecular formula is C27H23NO2. The first-order valence-corrected chi connectivity index (χ1v) is 9.97. The van der Waals surface area contributed by atoms with Gasteiger partial charge in [0.25, 0.3) is 5.91 Å². The fourth-order valence-corrected chi connectivity index (χ4v) is 3.38. The maximum Gasteiger partial charge on any atom is 0.255 e. The van der Waals surface area contributed by atoms with Gasteiger partial charge in [0.1, 0.15) is 5.76 Å². The Morgan fingerprint density at radius 3 is 1.73 bits per heavy atom. The molecule has 0 unspecified atom stereocenters. The van der Waals surface area contributed by atoms with Gasteiger partial charge >= 0.3 is 0 Å². The van der Waals surface area contributed by atoms with Crippen LogP contribution in [0.4, 0.5) is 0 Å². The molecule has 1 amide bonds. The van der Waals surface area contributed by atoms with Crippen LogP contribution in [0.15, 0.2) is 114 Å². The summed E-state index contributed by atoms with van der Waals surface area (Å²) >= 11 is 0. The number of nitrogens with zero attached hydrogens (tertiary/aromatic N) is 1. The van der Waals surface area contributed by atoms with Crippen LogP contribution in [0.3, 0.4) is 0 Å². The second-order valence-corrected chi connectivity index (χ2v) is 7.07. The summed E-state index contributed by atoms with van der Waals surface area (Å²) in [6.45, 7) is 1.05. The van der Waals surface area contributed by atoms with E-state index in [9.17, 15) is 4.79 Å². The quantitative estimate of drug-likeness (QED) is 0.358. The summed E-state index contributed by atoms with van der Waals surface area (Å²) in [6, 6.07) is 33.6. The van der Waals surface area contributed by atoms with Crippen LogP contribution in [0.5, 0.6) is 0 Å². The predicted octanol–water partition coefficient (Wildman–Crippen LogP) is 6.05. The van der Waals surface area contributed by atoms with Gasteiger partial charge in [0.05, 0.1) is 11.8 Å². The molecule has 30 heavy (non-hydrogen) atoms. The van der Waals surface area contributed by atoms with Crippen molar-refractivity contribution in [1.82, 2.24) is 4.90 Å². The lowest BCUT2D eigenvalue weighted by molar-refractivity contribution is -0.126. The normalized spacial score (nSPS) is 11.3. The van der Waals surface area contributed by atoms with Crippen molar-refractivity contribution < 1.29 is 9.21 Å². The summed E-state index contributed by atoms with van der Waals surface area (Å²) in [6.07, 6.45) is 3.44. The van der Waals surface area contributed by atoms with Gasteiger partial charge in [0.2, 0.25) is 0 Å². The molecule has 0 N–H and O–H groups in total. The molecule has 3 aromatic carbocycles. The maximum absolute atomic E-state index is 13.8. The number of amides is 1. The summed E-state index contributed by atoms with van der Waals surface area (Å²) in [7, 11) is 0. The number of furan rings is 1. The fourth-order valence-electron chi connectivity index (χ4n) is 3.38. The van der Waals surface area contributed by atoms with E-state index < -0.39 is 0 Å². The Bertz CT molecular complexity index is 1040. The van der Waals surface area contributed by atoms with E-state index in [0.29, 0.717) is 24.4 Å². The lowest BCUT2D eigenvalue weighted by atomic mass is 10.0. The molecule has 0 spiro atoms. The highest BCUT2D eigenvalue weighted by atomic mass is 16.3. The minimum Gasteiger partial charge on any atom is -0.465 e. The van der Waals surface area contributed by atoms with Gasteiger partial charge in [-0.25, -0.2) is 0 Å². The first-order chi connectivity index (χ1) is 14.8. The third-order valence-electron chi connectivity index (χ3n) is 4.86. The monoisotopic (exact) mass is 393 g/mol. The second kappa shape index (κ2) is 9.57. The molecule has 0 atom stereocenters. The van der Waals surface area contributed by atoms with E-state index in [1.54, 1.807) is 6.26 Å². The van der Waals surface area contributed by atoms with Crippen LogP contribution < -0.4 is 0 Å². The molecule has 1 aromatic heterocycles. The number of carbonyl (C=O) groups is 1. The van der Waals surface area contributed by atoms with Gasteiger partial charge in [-0.05, 0) is 34.9 Å². The Hall–Kier alpha value is -3.85. The molecule has 0 aliphatic rings. The van der Waals surface area contributed by atoms with Crippen molar-refractivity contribution in [2.24, 2.45) is 0 Å². The van der Waals surface area contributed by atoms with Gasteiger partial charge in [-0.3, -0.25) is 4.79 Å². The van der Waals surface area contributed by atoms with Crippen molar-refractivity contribution >= 4 is 17.6 Å². The van der Waals surface area contributed by atoms with Gasteiger partial charge in [-0.1, -0.05) is 91.0 Å². The Labute approximate surface area is 176 Å². The van der Waals surface area contributed by atoms with E-state index >= 15 is 0 Å². The SMILES string of the molecule is O=C(/C(=C/c1ccco1)c1ccccc1)N(Cc1ccccc1)Cc1ccccc1. The number of carbonyl (C=O) groups excluding carboxylic acids is 1. The number of benzene rings is 3. The molecule has 0 saturated carbocycles. The molecule has 148 valence electrons. The van der Waals surface area contributed by atoms with Crippen molar-refractivity contribution in [3.05, 3.63) is 132 Å². The lowest BCUT2D eigenvalue weighted by Gasteiger charge is -2.24. The van der Waals surface area contributed by atoms with Crippen molar-refractivity contribution in [2.45, 2.75) is 13.1 Å². The highest BCUT2D eigenvalue weighted by Crippen LogP contribution is 2.23. The Morgan fingerprint density at radius 2 is 1.23 bits per heavy atom. The van der Waals surface area contributed by atoms with Crippen LogP contribution in [0.1, 0.15) is 22.5 Å². The van der Waals surface area contributed by atoms with Crippen LogP contribution in [0.2, 0.25) is 0 Å². The van der Waals surface area contributed by atoms with Crippen molar-refractivity contribution in [3.8, 4) is 0 Å². The maximum atomic E-state index is 13.8. The zero-order chi connectivity index (χ0) is 20.6. The van der Waals surface area contributed by atoms with E-state index in [0.717, 1.165) is 16.7 Å². The van der Waals surface area contributed by atoms with E-state index in [4.69, 9.17) is 4.42 Å². The lowest BCUT2D eigenvalue weighted by Crippen LogP contribution is -2.30. The molecule has 0 aliphatic carbocycles. The predicted molar refractivity (Wildman–Crippen MR) is 120 cm³/mol. The van der Waals surface area contributed by atoms with E-state index in [1.165, 1.54) is 0 Å². The van der Waals surface area contributed by atoms with Crippen LogP contribution in [-0.4, -0.2) is 10.8 Å². The molecule has 3 nitrogen and oxygen atoms in total. The number of rotatable bonds is 7. The average Bonchev–Trinajstić information content (AvgIpc) is 3.32. The Morgan fingerprint density at radius 1 is 0.700 bits per heavy atom. The average molecular weight is 393 g/mol. The molecule has 3 heteroatoms. The second-order valence-electron chi connectivity index (χ2n) is 7.07. The molecule has 4 rings (SSSR count). The van der Waals surface area contributed by atoms with E-state index in [2.05, 4.69) is 0 Å². The largest absolute Gasteiger partial charge is 0.465 e. The number of hydrogen-bond acceptors (Lipinski definition) is 2. The Kier molecular flexibility index (Phi) is 6.21. The summed E-state index contributed by atoms with van der Waals surface area (Å²) in [5, 5.41) is 0. The molecule has 1 heterocycles. The molecule has 0 saturated heterocycles. The van der Waals surface area contributed by atoms with Crippen molar-refractivity contribution in [1.29, 1.82) is 0 Å². The third-order valence-corrected chi connectivity index (χ3v) is 4.86. The van der Waals surface area contributed by atoms with Gasteiger partial charge in [0, 0.05) is 13.1 Å². The van der Waals surface area contributed by atoms with Crippen LogP contribution in [0.25, 0.3) is 11.6 Å².